The van der Waals surface area contributed by atoms with Crippen LogP contribution in [0.15, 0.2) is 65.2 Å². The van der Waals surface area contributed by atoms with Crippen molar-refractivity contribution in [3.63, 3.8) is 0 Å². The summed E-state index contributed by atoms with van der Waals surface area (Å²) in [5.41, 5.74) is 2.18. The molecule has 0 aliphatic heterocycles. The molecule has 0 saturated carbocycles. The quantitative estimate of drug-likeness (QED) is 0.422. The Bertz CT molecular complexity index is 1140. The van der Waals surface area contributed by atoms with Crippen molar-refractivity contribution in [1.29, 1.82) is 0 Å². The zero-order valence-corrected chi connectivity index (χ0v) is 17.2. The molecule has 31 heavy (non-hydrogen) atoms. The Labute approximate surface area is 179 Å². The van der Waals surface area contributed by atoms with Gasteiger partial charge in [-0.05, 0) is 24.3 Å². The summed E-state index contributed by atoms with van der Waals surface area (Å²) in [6, 6.07) is 17.1. The van der Waals surface area contributed by atoms with E-state index in [-0.39, 0.29) is 6.01 Å². The first-order valence-corrected chi connectivity index (χ1v) is 9.40. The average Bonchev–Trinajstić information content (AvgIpc) is 3.27. The summed E-state index contributed by atoms with van der Waals surface area (Å²) >= 11 is 0. The van der Waals surface area contributed by atoms with Crippen molar-refractivity contribution in [2.75, 3.05) is 32.0 Å². The molecule has 2 aromatic heterocycles. The van der Waals surface area contributed by atoms with Crippen LogP contribution in [-0.2, 0) is 0 Å². The Morgan fingerprint density at radius 2 is 1.52 bits per heavy atom. The topological polar surface area (TPSA) is 104 Å². The van der Waals surface area contributed by atoms with Gasteiger partial charge in [0.15, 0.2) is 11.5 Å². The molecule has 9 heteroatoms. The van der Waals surface area contributed by atoms with Gasteiger partial charge in [-0.1, -0.05) is 23.3 Å². The maximum absolute atomic E-state index is 5.80. The molecule has 0 unspecified atom stereocenters. The third-order valence-corrected chi connectivity index (χ3v) is 4.42. The van der Waals surface area contributed by atoms with E-state index < -0.39 is 0 Å². The maximum Gasteiger partial charge on any atom is 0.320 e. The molecule has 0 bridgehead atoms. The van der Waals surface area contributed by atoms with Crippen LogP contribution in [0, 0.1) is 0 Å². The number of pyridine rings is 1. The average molecular weight is 419 g/mol. The summed E-state index contributed by atoms with van der Waals surface area (Å²) in [5.74, 6) is 2.40. The van der Waals surface area contributed by atoms with Gasteiger partial charge in [-0.25, -0.2) is 4.98 Å². The van der Waals surface area contributed by atoms with Gasteiger partial charge in [0.25, 0.3) is 5.89 Å². The van der Waals surface area contributed by atoms with Gasteiger partial charge in [-0.3, -0.25) is 0 Å². The van der Waals surface area contributed by atoms with E-state index >= 15 is 0 Å². The van der Waals surface area contributed by atoms with Crippen LogP contribution >= 0.6 is 0 Å². The van der Waals surface area contributed by atoms with Gasteiger partial charge in [0.2, 0.25) is 5.75 Å². The number of aromatic nitrogens is 3. The van der Waals surface area contributed by atoms with E-state index in [4.69, 9.17) is 18.6 Å². The van der Waals surface area contributed by atoms with Crippen LogP contribution in [-0.4, -0.2) is 36.5 Å². The predicted octanol–water partition coefficient (Wildman–Crippen LogP) is 4.64. The van der Waals surface area contributed by atoms with Gasteiger partial charge < -0.3 is 29.3 Å². The smallest absolute Gasteiger partial charge is 0.320 e. The van der Waals surface area contributed by atoms with Crippen LogP contribution < -0.4 is 24.8 Å². The summed E-state index contributed by atoms with van der Waals surface area (Å²) in [6.45, 7) is 0. The molecular formula is C22H21N5O4. The number of ether oxygens (including phenoxy) is 3. The van der Waals surface area contributed by atoms with E-state index in [9.17, 15) is 0 Å². The van der Waals surface area contributed by atoms with Gasteiger partial charge in [0.05, 0.1) is 26.9 Å². The number of nitrogens with one attached hydrogen (secondary N) is 2. The van der Waals surface area contributed by atoms with Gasteiger partial charge in [0, 0.05) is 29.7 Å². The molecule has 0 aliphatic rings. The Morgan fingerprint density at radius 3 is 2.19 bits per heavy atom. The van der Waals surface area contributed by atoms with Crippen molar-refractivity contribution in [1.82, 2.24) is 15.2 Å². The highest BCUT2D eigenvalue weighted by Gasteiger charge is 2.17. The third kappa shape index (κ3) is 4.35. The minimum atomic E-state index is 0.281. The number of hydrogen-bond donors (Lipinski definition) is 2. The highest BCUT2D eigenvalue weighted by atomic mass is 16.5. The summed E-state index contributed by atoms with van der Waals surface area (Å²) in [6.07, 6.45) is 1.67. The molecule has 4 aromatic rings. The highest BCUT2D eigenvalue weighted by molar-refractivity contribution is 5.75. The van der Waals surface area contributed by atoms with Crippen LogP contribution in [0.3, 0.4) is 0 Å². The number of para-hydroxylation sites is 1. The van der Waals surface area contributed by atoms with Crippen LogP contribution in [0.2, 0.25) is 0 Å². The first-order valence-electron chi connectivity index (χ1n) is 9.40. The second-order valence-corrected chi connectivity index (χ2v) is 6.34. The van der Waals surface area contributed by atoms with E-state index in [0.29, 0.717) is 40.2 Å². The second-order valence-electron chi connectivity index (χ2n) is 6.34. The van der Waals surface area contributed by atoms with E-state index in [1.807, 2.05) is 36.4 Å². The number of anilines is 4. The normalized spacial score (nSPS) is 10.4. The van der Waals surface area contributed by atoms with Crippen LogP contribution in [0.5, 0.6) is 17.2 Å². The van der Waals surface area contributed by atoms with Crippen LogP contribution in [0.1, 0.15) is 0 Å². The fourth-order valence-electron chi connectivity index (χ4n) is 3.00. The first kappa shape index (κ1) is 20.0. The summed E-state index contributed by atoms with van der Waals surface area (Å²) in [5, 5.41) is 14.6. The largest absolute Gasteiger partial charge is 0.493 e. The molecule has 0 spiro atoms. The molecule has 0 radical (unpaired) electrons. The molecule has 0 aliphatic carbocycles. The van der Waals surface area contributed by atoms with Crippen molar-refractivity contribution >= 4 is 23.2 Å². The molecule has 0 saturated heterocycles. The molecule has 2 N–H and O–H groups in total. The highest BCUT2D eigenvalue weighted by Crippen LogP contribution is 2.41. The third-order valence-electron chi connectivity index (χ3n) is 4.42. The van der Waals surface area contributed by atoms with Crippen LogP contribution in [0.25, 0.3) is 11.5 Å². The van der Waals surface area contributed by atoms with E-state index in [1.165, 1.54) is 0 Å². The fourth-order valence-corrected chi connectivity index (χ4v) is 3.00. The van der Waals surface area contributed by atoms with Gasteiger partial charge in [-0.2, -0.15) is 0 Å². The molecule has 2 heterocycles. The minimum Gasteiger partial charge on any atom is -0.493 e. The molecule has 0 fully saturated rings. The molecular weight excluding hydrogens is 398 g/mol. The minimum absolute atomic E-state index is 0.281. The lowest BCUT2D eigenvalue weighted by Gasteiger charge is -2.15. The maximum atomic E-state index is 5.80. The Balaban J connectivity index is 1.63. The van der Waals surface area contributed by atoms with Crippen molar-refractivity contribution < 1.29 is 18.6 Å². The first-order chi connectivity index (χ1) is 15.2. The number of nitrogens with zero attached hydrogens (tertiary/aromatic N) is 3. The summed E-state index contributed by atoms with van der Waals surface area (Å²) < 4.78 is 22.0. The zero-order chi connectivity index (χ0) is 21.6. The predicted molar refractivity (Wildman–Crippen MR) is 117 cm³/mol. The monoisotopic (exact) mass is 419 g/mol. The Hall–Kier alpha value is -4.27. The Kier molecular flexibility index (Phi) is 5.84. The lowest BCUT2D eigenvalue weighted by molar-refractivity contribution is 0.324. The number of benzene rings is 2. The van der Waals surface area contributed by atoms with Crippen LogP contribution in [0.4, 0.5) is 23.2 Å². The molecule has 2 aromatic carbocycles. The number of hydrogen-bond acceptors (Lipinski definition) is 9. The lowest BCUT2D eigenvalue weighted by Crippen LogP contribution is -2.00. The lowest BCUT2D eigenvalue weighted by atomic mass is 10.2. The second kappa shape index (κ2) is 9.04. The molecule has 0 amide bonds. The van der Waals surface area contributed by atoms with Crippen molar-refractivity contribution in [3.8, 4) is 28.7 Å². The summed E-state index contributed by atoms with van der Waals surface area (Å²) in [4.78, 5) is 4.43. The van der Waals surface area contributed by atoms with E-state index in [1.54, 1.807) is 45.7 Å². The summed E-state index contributed by atoms with van der Waals surface area (Å²) in [7, 11) is 4.68. The van der Waals surface area contributed by atoms with Crippen molar-refractivity contribution in [3.05, 3.63) is 60.8 Å². The van der Waals surface area contributed by atoms with Gasteiger partial charge in [0.1, 0.15) is 5.82 Å². The molecule has 4 rings (SSSR count). The number of rotatable bonds is 8. The van der Waals surface area contributed by atoms with Crippen molar-refractivity contribution in [2.45, 2.75) is 0 Å². The molecule has 158 valence electrons. The standard InChI is InChI=1S/C22H21N5O4/c1-28-17-12-15(13-18(29-2)19(17)30-3)24-20-16(10-7-11-23-20)21-26-27-22(31-21)25-14-8-5-4-6-9-14/h4-13H,1-3H3,(H,23,24)(H,25,27). The van der Waals surface area contributed by atoms with Crippen molar-refractivity contribution in [2.24, 2.45) is 0 Å². The molecule has 9 nitrogen and oxygen atoms in total. The number of methoxy groups -OCH3 is 3. The molecule has 0 atom stereocenters. The van der Waals surface area contributed by atoms with E-state index in [2.05, 4.69) is 25.8 Å². The van der Waals surface area contributed by atoms with Gasteiger partial charge in [-0.15, -0.1) is 5.10 Å². The zero-order valence-electron chi connectivity index (χ0n) is 17.2. The van der Waals surface area contributed by atoms with E-state index in [0.717, 1.165) is 5.69 Å². The Morgan fingerprint density at radius 1 is 0.774 bits per heavy atom. The fraction of sp³-hybridized carbons (Fsp3) is 0.136. The SMILES string of the molecule is COc1cc(Nc2ncccc2-c2nnc(Nc3ccccc3)o2)cc(OC)c1OC. The van der Waals surface area contributed by atoms with Gasteiger partial charge >= 0.3 is 6.01 Å².